The summed E-state index contributed by atoms with van der Waals surface area (Å²) in [5.74, 6) is -1.10. The quantitative estimate of drug-likeness (QED) is 0.217. The van der Waals surface area contributed by atoms with Crippen molar-refractivity contribution in [3.8, 4) is 11.1 Å². The minimum Gasteiger partial charge on any atom is -0.466 e. The lowest BCUT2D eigenvalue weighted by molar-refractivity contribution is -0.151. The van der Waals surface area contributed by atoms with E-state index in [4.69, 9.17) is 14.6 Å². The zero-order chi connectivity index (χ0) is 24.2. The van der Waals surface area contributed by atoms with Gasteiger partial charge in [0.05, 0.1) is 32.3 Å². The molecule has 1 fully saturated rings. The third-order valence-electron chi connectivity index (χ3n) is 5.59. The molecule has 1 saturated heterocycles. The van der Waals surface area contributed by atoms with Gasteiger partial charge in [0, 0.05) is 12.6 Å². The molecule has 0 aliphatic carbocycles. The third-order valence-corrected chi connectivity index (χ3v) is 5.59. The van der Waals surface area contributed by atoms with Crippen LogP contribution in [-0.4, -0.2) is 62.0 Å². The van der Waals surface area contributed by atoms with Gasteiger partial charge < -0.3 is 19.9 Å². The van der Waals surface area contributed by atoms with Crippen LogP contribution in [0.5, 0.6) is 0 Å². The van der Waals surface area contributed by atoms with Crippen LogP contribution in [0.3, 0.4) is 0 Å². The molecule has 2 aromatic rings. The van der Waals surface area contributed by atoms with Gasteiger partial charge in [0.2, 0.25) is 5.91 Å². The maximum absolute atomic E-state index is 12.8. The van der Waals surface area contributed by atoms with Crippen molar-refractivity contribution in [2.24, 2.45) is 5.92 Å². The Bertz CT molecular complexity index is 888. The van der Waals surface area contributed by atoms with Crippen LogP contribution in [0.2, 0.25) is 0 Å². The monoisotopic (exact) mass is 470 g/mol. The number of carbonyl (C=O) groups is 2. The minimum atomic E-state index is -0.562. The summed E-state index contributed by atoms with van der Waals surface area (Å²) in [5, 5.41) is 12.1. The first-order valence-corrected chi connectivity index (χ1v) is 11.6. The first kappa shape index (κ1) is 25.8. The molecule has 1 aliphatic heterocycles. The van der Waals surface area contributed by atoms with Crippen LogP contribution in [-0.2, 0) is 25.5 Å². The Morgan fingerprint density at radius 2 is 1.85 bits per heavy atom. The summed E-state index contributed by atoms with van der Waals surface area (Å²) in [7, 11) is 0. The average molecular weight is 471 g/mol. The van der Waals surface area contributed by atoms with Gasteiger partial charge in [-0.2, -0.15) is 5.53 Å². The van der Waals surface area contributed by atoms with Crippen LogP contribution in [0, 0.1) is 5.92 Å². The number of aliphatic hydroxyl groups is 1. The summed E-state index contributed by atoms with van der Waals surface area (Å²) in [6.45, 7) is 2.59. The largest absolute Gasteiger partial charge is 0.466 e. The number of hydrogen-bond acceptors (Lipinski definition) is 8. The predicted octanol–water partition coefficient (Wildman–Crippen LogP) is 0.940. The Morgan fingerprint density at radius 1 is 1.12 bits per heavy atom. The molecule has 0 saturated carbocycles. The van der Waals surface area contributed by atoms with Crippen LogP contribution < -0.4 is 21.7 Å². The number of nitrogens with one attached hydrogen (secondary N) is 4. The Hall–Kier alpha value is -2.82. The van der Waals surface area contributed by atoms with Crippen LogP contribution in [0.15, 0.2) is 54.6 Å². The molecule has 1 heterocycles. The van der Waals surface area contributed by atoms with Gasteiger partial charge in [0.15, 0.2) is 0 Å². The van der Waals surface area contributed by atoms with E-state index in [1.165, 1.54) is 0 Å². The van der Waals surface area contributed by atoms with E-state index in [9.17, 15) is 9.59 Å². The molecule has 3 atom stereocenters. The van der Waals surface area contributed by atoms with E-state index in [1.54, 1.807) is 6.92 Å². The Kier molecular flexibility index (Phi) is 10.5. The van der Waals surface area contributed by atoms with E-state index in [1.807, 2.05) is 30.3 Å². The third kappa shape index (κ3) is 7.89. The molecule has 5 N–H and O–H groups in total. The first-order valence-electron chi connectivity index (χ1n) is 11.6. The Labute approximate surface area is 200 Å². The van der Waals surface area contributed by atoms with Crippen LogP contribution in [0.25, 0.3) is 11.1 Å². The fourth-order valence-corrected chi connectivity index (χ4v) is 3.87. The molecular formula is C25H34N4O5. The number of esters is 1. The van der Waals surface area contributed by atoms with Gasteiger partial charge in [0.1, 0.15) is 6.04 Å². The van der Waals surface area contributed by atoms with Gasteiger partial charge in [-0.3, -0.25) is 9.59 Å². The molecular weight excluding hydrogens is 436 g/mol. The van der Waals surface area contributed by atoms with Crippen molar-refractivity contribution in [1.82, 2.24) is 21.7 Å². The van der Waals surface area contributed by atoms with Crippen LogP contribution in [0.4, 0.5) is 0 Å². The smallest absolute Gasteiger partial charge is 0.311 e. The molecule has 2 aromatic carbocycles. The normalized spacial score (nSPS) is 17.2. The number of amides is 1. The molecule has 0 spiro atoms. The molecule has 1 amide bonds. The highest BCUT2D eigenvalue weighted by molar-refractivity contribution is 5.82. The van der Waals surface area contributed by atoms with Gasteiger partial charge in [0.25, 0.3) is 0 Å². The Balaban J connectivity index is 1.73. The van der Waals surface area contributed by atoms with Gasteiger partial charge in [-0.1, -0.05) is 54.6 Å². The first-order chi connectivity index (χ1) is 16.6. The van der Waals surface area contributed by atoms with Gasteiger partial charge in [-0.05, 0) is 36.5 Å². The van der Waals surface area contributed by atoms with Crippen molar-refractivity contribution in [2.75, 3.05) is 33.0 Å². The predicted molar refractivity (Wildman–Crippen MR) is 128 cm³/mol. The van der Waals surface area contributed by atoms with Crippen molar-refractivity contribution in [3.05, 3.63) is 60.2 Å². The number of aliphatic hydroxyl groups excluding tert-OH is 1. The van der Waals surface area contributed by atoms with Crippen molar-refractivity contribution in [1.29, 1.82) is 0 Å². The number of hydrazine groups is 2. The van der Waals surface area contributed by atoms with E-state index in [0.29, 0.717) is 19.4 Å². The summed E-state index contributed by atoms with van der Waals surface area (Å²) < 4.78 is 10.7. The summed E-state index contributed by atoms with van der Waals surface area (Å²) in [5.41, 5.74) is 11.8. The van der Waals surface area contributed by atoms with Crippen molar-refractivity contribution < 1.29 is 24.2 Å². The van der Waals surface area contributed by atoms with Crippen LogP contribution >= 0.6 is 0 Å². The second kappa shape index (κ2) is 13.8. The molecule has 34 heavy (non-hydrogen) atoms. The van der Waals surface area contributed by atoms with E-state index in [-0.39, 0.29) is 44.3 Å². The number of carbonyl (C=O) groups excluding carboxylic acids is 2. The summed E-state index contributed by atoms with van der Waals surface area (Å²) in [6.07, 6.45) is 0.897. The zero-order valence-electron chi connectivity index (χ0n) is 19.5. The molecule has 0 bridgehead atoms. The minimum absolute atomic E-state index is 0.115. The topological polar surface area (TPSA) is 121 Å². The molecule has 3 rings (SSSR count). The van der Waals surface area contributed by atoms with E-state index in [2.05, 4.69) is 46.0 Å². The highest BCUT2D eigenvalue weighted by Crippen LogP contribution is 2.21. The second-order valence-electron chi connectivity index (χ2n) is 8.16. The van der Waals surface area contributed by atoms with Gasteiger partial charge >= 0.3 is 5.97 Å². The number of rotatable bonds is 13. The number of benzene rings is 2. The lowest BCUT2D eigenvalue weighted by Crippen LogP contribution is -2.49. The highest BCUT2D eigenvalue weighted by atomic mass is 16.5. The Morgan fingerprint density at radius 3 is 2.50 bits per heavy atom. The van der Waals surface area contributed by atoms with E-state index >= 15 is 0 Å². The molecule has 0 aromatic heterocycles. The standard InChI is InChI=1S/C25H34N4O5/c1-2-34-25(32)21(17-33-13-12-30)15-22(27-24(31)23-16-26-29-28-23)14-18-8-10-20(11-9-18)19-6-4-3-5-7-19/h3-11,21-23,26,28-30H,2,12-17H2,1H3,(H,27,31)/t21-,22+,23?/m0/s1. The van der Waals surface area contributed by atoms with Crippen LogP contribution in [0.1, 0.15) is 18.9 Å². The van der Waals surface area contributed by atoms with Crippen molar-refractivity contribution in [2.45, 2.75) is 31.8 Å². The van der Waals surface area contributed by atoms with E-state index < -0.39 is 12.0 Å². The average Bonchev–Trinajstić information content (AvgIpc) is 3.40. The molecule has 9 nitrogen and oxygen atoms in total. The van der Waals surface area contributed by atoms with E-state index in [0.717, 1.165) is 16.7 Å². The van der Waals surface area contributed by atoms with Gasteiger partial charge in [-0.25, -0.2) is 10.9 Å². The number of ether oxygens (including phenoxy) is 2. The fraction of sp³-hybridized carbons (Fsp3) is 0.440. The molecule has 9 heteroatoms. The summed E-state index contributed by atoms with van der Waals surface area (Å²) in [6, 6.07) is 17.6. The van der Waals surface area contributed by atoms with Gasteiger partial charge in [-0.15, -0.1) is 0 Å². The van der Waals surface area contributed by atoms with Crippen molar-refractivity contribution >= 4 is 11.9 Å². The maximum atomic E-state index is 12.8. The lowest BCUT2D eigenvalue weighted by atomic mass is 9.94. The summed E-state index contributed by atoms with van der Waals surface area (Å²) in [4.78, 5) is 25.3. The lowest BCUT2D eigenvalue weighted by Gasteiger charge is -2.25. The maximum Gasteiger partial charge on any atom is 0.311 e. The number of hydrogen-bond donors (Lipinski definition) is 5. The fourth-order valence-electron chi connectivity index (χ4n) is 3.87. The SMILES string of the molecule is CCOC(=O)[C@H](COCCO)C[C@@H](Cc1ccc(-c2ccccc2)cc1)NC(=O)C1CNNN1. The molecule has 1 unspecified atom stereocenters. The zero-order valence-corrected chi connectivity index (χ0v) is 19.5. The molecule has 1 aliphatic rings. The molecule has 0 radical (unpaired) electrons. The second-order valence-corrected chi connectivity index (χ2v) is 8.16. The highest BCUT2D eigenvalue weighted by Gasteiger charge is 2.29. The molecule has 184 valence electrons. The summed E-state index contributed by atoms with van der Waals surface area (Å²) >= 11 is 0. The van der Waals surface area contributed by atoms with Crippen molar-refractivity contribution in [3.63, 3.8) is 0 Å².